The molecule has 1 aromatic rings. The summed E-state index contributed by atoms with van der Waals surface area (Å²) in [5.41, 5.74) is 1.66. The molecule has 20 heavy (non-hydrogen) atoms. The number of carbonyl (C=O) groups is 1. The van der Waals surface area contributed by atoms with Gasteiger partial charge in [0, 0.05) is 37.3 Å². The van der Waals surface area contributed by atoms with Gasteiger partial charge < -0.3 is 15.5 Å². The maximum Gasteiger partial charge on any atom is 0.251 e. The van der Waals surface area contributed by atoms with Crippen LogP contribution in [-0.2, 0) is 0 Å². The van der Waals surface area contributed by atoms with Gasteiger partial charge in [0.1, 0.15) is 0 Å². The van der Waals surface area contributed by atoms with Crippen LogP contribution in [0.3, 0.4) is 0 Å². The zero-order valence-corrected chi connectivity index (χ0v) is 12.5. The molecule has 0 radical (unpaired) electrons. The van der Waals surface area contributed by atoms with Crippen LogP contribution in [0.2, 0.25) is 5.02 Å². The maximum absolute atomic E-state index is 12.1. The van der Waals surface area contributed by atoms with Crippen LogP contribution in [0.1, 0.15) is 30.1 Å². The monoisotopic (exact) mass is 293 g/mol. The Morgan fingerprint density at radius 1 is 1.35 bits per heavy atom. The van der Waals surface area contributed by atoms with Crippen LogP contribution in [0, 0.1) is 0 Å². The fraction of sp³-hybridized carbons (Fsp3) is 0.533. The summed E-state index contributed by atoms with van der Waals surface area (Å²) in [7, 11) is 0. The Balaban J connectivity index is 1.74. The number of nitrogens with zero attached hydrogens (tertiary/aromatic N) is 1. The second-order valence-corrected chi connectivity index (χ2v) is 6.33. The number of anilines is 1. The number of piperazine rings is 1. The number of benzene rings is 1. The fourth-order valence-electron chi connectivity index (χ4n) is 2.47. The number of amides is 1. The predicted molar refractivity (Wildman–Crippen MR) is 81.6 cm³/mol. The lowest BCUT2D eigenvalue weighted by atomic mass is 10.1. The third-order valence-electron chi connectivity index (χ3n) is 4.08. The molecule has 0 atom stereocenters. The van der Waals surface area contributed by atoms with E-state index in [1.54, 1.807) is 6.07 Å². The van der Waals surface area contributed by atoms with E-state index in [2.05, 4.69) is 22.5 Å². The van der Waals surface area contributed by atoms with Crippen molar-refractivity contribution in [1.29, 1.82) is 0 Å². The van der Waals surface area contributed by atoms with E-state index in [0.29, 0.717) is 10.6 Å². The summed E-state index contributed by atoms with van der Waals surface area (Å²) >= 11 is 6.35. The average Bonchev–Trinajstić information content (AvgIpc) is 3.17. The Kier molecular flexibility index (Phi) is 3.61. The van der Waals surface area contributed by atoms with Gasteiger partial charge in [0.25, 0.3) is 5.91 Å². The smallest absolute Gasteiger partial charge is 0.251 e. The molecule has 2 aliphatic rings. The van der Waals surface area contributed by atoms with Crippen LogP contribution in [0.5, 0.6) is 0 Å². The molecule has 3 rings (SSSR count). The third-order valence-corrected chi connectivity index (χ3v) is 4.39. The lowest BCUT2D eigenvalue weighted by Gasteiger charge is -2.30. The van der Waals surface area contributed by atoms with Crippen molar-refractivity contribution in [3.05, 3.63) is 28.8 Å². The zero-order chi connectivity index (χ0) is 14.2. The number of hydrogen-bond donors (Lipinski definition) is 2. The number of rotatable bonds is 3. The summed E-state index contributed by atoms with van der Waals surface area (Å²) < 4.78 is 0. The molecule has 1 aliphatic heterocycles. The van der Waals surface area contributed by atoms with Crippen molar-refractivity contribution in [1.82, 2.24) is 10.6 Å². The highest BCUT2D eigenvalue weighted by Gasteiger charge is 2.38. The van der Waals surface area contributed by atoms with E-state index < -0.39 is 0 Å². The first-order chi connectivity index (χ1) is 9.57. The van der Waals surface area contributed by atoms with Crippen molar-refractivity contribution in [3.63, 3.8) is 0 Å². The first-order valence-electron chi connectivity index (χ1n) is 7.15. The highest BCUT2D eigenvalue weighted by molar-refractivity contribution is 6.33. The molecule has 108 valence electrons. The van der Waals surface area contributed by atoms with Gasteiger partial charge in [0.15, 0.2) is 0 Å². The molecular formula is C15H20ClN3O. The molecule has 0 unspecified atom stereocenters. The predicted octanol–water partition coefficient (Wildman–Crippen LogP) is 2.03. The number of halogens is 1. The van der Waals surface area contributed by atoms with Gasteiger partial charge >= 0.3 is 0 Å². The summed E-state index contributed by atoms with van der Waals surface area (Å²) in [6.45, 7) is 5.90. The molecule has 1 heterocycles. The second kappa shape index (κ2) is 5.26. The largest absolute Gasteiger partial charge is 0.368 e. The molecule has 5 heteroatoms. The van der Waals surface area contributed by atoms with Gasteiger partial charge in [-0.15, -0.1) is 0 Å². The molecule has 1 saturated heterocycles. The molecule has 4 nitrogen and oxygen atoms in total. The Bertz CT molecular complexity index is 522. The van der Waals surface area contributed by atoms with Crippen molar-refractivity contribution in [2.75, 3.05) is 31.1 Å². The van der Waals surface area contributed by atoms with E-state index in [-0.39, 0.29) is 11.4 Å². The molecule has 1 aliphatic carbocycles. The molecular weight excluding hydrogens is 274 g/mol. The van der Waals surface area contributed by atoms with Crippen LogP contribution in [0.25, 0.3) is 0 Å². The van der Waals surface area contributed by atoms with Crippen molar-refractivity contribution in [3.8, 4) is 0 Å². The summed E-state index contributed by atoms with van der Waals surface area (Å²) in [6.07, 6.45) is 2.12. The van der Waals surface area contributed by atoms with E-state index in [9.17, 15) is 4.79 Å². The Morgan fingerprint density at radius 2 is 2.05 bits per heavy atom. The molecule has 2 fully saturated rings. The summed E-state index contributed by atoms with van der Waals surface area (Å²) in [4.78, 5) is 14.4. The van der Waals surface area contributed by atoms with E-state index in [1.165, 1.54) is 0 Å². The molecule has 0 bridgehead atoms. The van der Waals surface area contributed by atoms with Crippen molar-refractivity contribution in [2.45, 2.75) is 25.3 Å². The molecule has 2 N–H and O–H groups in total. The van der Waals surface area contributed by atoms with Crippen LogP contribution in [-0.4, -0.2) is 37.6 Å². The molecule has 0 aromatic heterocycles. The number of nitrogens with one attached hydrogen (secondary N) is 2. The van der Waals surface area contributed by atoms with Gasteiger partial charge in [-0.05, 0) is 38.0 Å². The van der Waals surface area contributed by atoms with E-state index >= 15 is 0 Å². The first-order valence-corrected chi connectivity index (χ1v) is 7.53. The highest BCUT2D eigenvalue weighted by Crippen LogP contribution is 2.35. The average molecular weight is 294 g/mol. The highest BCUT2D eigenvalue weighted by atomic mass is 35.5. The minimum absolute atomic E-state index is 0.000764. The van der Waals surface area contributed by atoms with Crippen LogP contribution in [0.15, 0.2) is 18.2 Å². The van der Waals surface area contributed by atoms with E-state index in [0.717, 1.165) is 44.7 Å². The Morgan fingerprint density at radius 3 is 2.65 bits per heavy atom. The number of hydrogen-bond acceptors (Lipinski definition) is 3. The lowest BCUT2D eigenvalue weighted by Crippen LogP contribution is -2.43. The van der Waals surface area contributed by atoms with Gasteiger partial charge in [-0.1, -0.05) is 11.6 Å². The van der Waals surface area contributed by atoms with Crippen molar-refractivity contribution in [2.24, 2.45) is 0 Å². The van der Waals surface area contributed by atoms with Crippen LogP contribution in [0.4, 0.5) is 5.69 Å². The maximum atomic E-state index is 12.1. The van der Waals surface area contributed by atoms with Crippen molar-refractivity contribution < 1.29 is 4.79 Å². The van der Waals surface area contributed by atoms with Gasteiger partial charge in [0.05, 0.1) is 10.7 Å². The molecule has 1 saturated carbocycles. The molecule has 1 aromatic carbocycles. The summed E-state index contributed by atoms with van der Waals surface area (Å²) in [5, 5.41) is 7.02. The quantitative estimate of drug-likeness (QED) is 0.896. The third kappa shape index (κ3) is 2.91. The molecule has 1 amide bonds. The zero-order valence-electron chi connectivity index (χ0n) is 11.7. The molecule has 0 spiro atoms. The van der Waals surface area contributed by atoms with Crippen LogP contribution >= 0.6 is 11.6 Å². The van der Waals surface area contributed by atoms with Crippen molar-refractivity contribution >= 4 is 23.2 Å². The van der Waals surface area contributed by atoms with Gasteiger partial charge in [-0.3, -0.25) is 4.79 Å². The second-order valence-electron chi connectivity index (χ2n) is 5.92. The minimum Gasteiger partial charge on any atom is -0.368 e. The topological polar surface area (TPSA) is 44.4 Å². The standard InChI is InChI=1S/C15H20ClN3O/c1-15(4-5-15)18-14(20)11-2-3-13(12(16)10-11)19-8-6-17-7-9-19/h2-3,10,17H,4-9H2,1H3,(H,18,20). The fourth-order valence-corrected chi connectivity index (χ4v) is 2.77. The van der Waals surface area contributed by atoms with Gasteiger partial charge in [-0.2, -0.15) is 0 Å². The number of carbonyl (C=O) groups excluding carboxylic acids is 1. The first kappa shape index (κ1) is 13.7. The van der Waals surface area contributed by atoms with E-state index in [4.69, 9.17) is 11.6 Å². The minimum atomic E-state index is -0.0289. The van der Waals surface area contributed by atoms with E-state index in [1.807, 2.05) is 12.1 Å². The SMILES string of the molecule is CC1(NC(=O)c2ccc(N3CCNCC3)c(Cl)c2)CC1. The van der Waals surface area contributed by atoms with Gasteiger partial charge in [0.2, 0.25) is 0 Å². The lowest BCUT2D eigenvalue weighted by molar-refractivity contribution is 0.0935. The summed E-state index contributed by atoms with van der Waals surface area (Å²) in [5.74, 6) is -0.0289. The Hall–Kier alpha value is -1.26. The Labute approximate surface area is 124 Å². The van der Waals surface area contributed by atoms with Gasteiger partial charge in [-0.25, -0.2) is 0 Å². The summed E-state index contributed by atoms with van der Waals surface area (Å²) in [6, 6.07) is 5.60. The normalized spacial score (nSPS) is 20.6. The van der Waals surface area contributed by atoms with Crippen LogP contribution < -0.4 is 15.5 Å².